The normalized spacial score (nSPS) is 11.3. The molecule has 0 unspecified atom stereocenters. The summed E-state index contributed by atoms with van der Waals surface area (Å²) in [5.74, 6) is 0. The molecule has 0 bridgehead atoms. The number of hydrogen-bond acceptors (Lipinski definition) is 1. The second-order valence-corrected chi connectivity index (χ2v) is 13.1. The number of hydrogen-bond donors (Lipinski definition) is 1. The Hall–Kier alpha value is 0.740. The quantitative estimate of drug-likeness (QED) is 0.160. The van der Waals surface area contributed by atoms with Gasteiger partial charge in [0, 0.05) is 33.6 Å². The summed E-state index contributed by atoms with van der Waals surface area (Å²) < 4.78 is 0. The zero-order valence-corrected chi connectivity index (χ0v) is 28.7. The maximum atomic E-state index is 6.59. The van der Waals surface area contributed by atoms with E-state index in [1.54, 1.807) is 24.3 Å². The summed E-state index contributed by atoms with van der Waals surface area (Å²) in [6.45, 7) is 0. The SMILES string of the molecule is Clc1cc(Nc2cc(Cl)c(-c3c(Cl)c(Cl)c(Cl)c(Cl)c3Cl)c(Cl)c2)cc(Cl)c1-c1c(Cl)c(Cl)c(Cl)c(Cl)c1Cl. The number of benzene rings is 4. The van der Waals surface area contributed by atoms with Crippen LogP contribution in [-0.2, 0) is 0 Å². The monoisotopic (exact) mass is 797 g/mol. The Morgan fingerprint density at radius 3 is 0.718 bits per heavy atom. The van der Waals surface area contributed by atoms with Crippen molar-refractivity contribution in [3.63, 3.8) is 0 Å². The Balaban J connectivity index is 1.78. The highest BCUT2D eigenvalue weighted by atomic mass is 35.5. The largest absolute Gasteiger partial charge is 0.355 e. The van der Waals surface area contributed by atoms with Gasteiger partial charge in [-0.25, -0.2) is 0 Å². The Morgan fingerprint density at radius 1 is 0.282 bits per heavy atom. The van der Waals surface area contributed by atoms with E-state index in [1.807, 2.05) is 0 Å². The molecule has 0 saturated heterocycles. The molecule has 39 heavy (non-hydrogen) atoms. The van der Waals surface area contributed by atoms with Gasteiger partial charge in [-0.05, 0) is 24.3 Å². The van der Waals surface area contributed by atoms with Gasteiger partial charge in [0.15, 0.2) is 0 Å². The molecule has 0 amide bonds. The van der Waals surface area contributed by atoms with Gasteiger partial charge in [0.25, 0.3) is 0 Å². The van der Waals surface area contributed by atoms with Crippen molar-refractivity contribution >= 4 is 174 Å². The summed E-state index contributed by atoms with van der Waals surface area (Å²) in [6.07, 6.45) is 0. The average Bonchev–Trinajstić information content (AvgIpc) is 2.87. The van der Waals surface area contributed by atoms with Gasteiger partial charge < -0.3 is 5.32 Å². The van der Waals surface area contributed by atoms with E-state index >= 15 is 0 Å². The first-order valence-electron chi connectivity index (χ1n) is 9.96. The second-order valence-electron chi connectivity index (χ2n) is 7.64. The molecule has 0 aliphatic rings. The Bertz CT molecular complexity index is 1450. The van der Waals surface area contributed by atoms with Gasteiger partial charge in [-0.15, -0.1) is 0 Å². The molecule has 1 N–H and O–H groups in total. The van der Waals surface area contributed by atoms with Crippen LogP contribution in [0.5, 0.6) is 0 Å². The lowest BCUT2D eigenvalue weighted by molar-refractivity contribution is 1.53. The first-order valence-corrected chi connectivity index (χ1v) is 15.2. The molecule has 0 aliphatic heterocycles. The molecule has 0 aromatic heterocycles. The van der Waals surface area contributed by atoms with Crippen molar-refractivity contribution in [3.8, 4) is 22.3 Å². The summed E-state index contributed by atoms with van der Waals surface area (Å²) >= 11 is 89.1. The smallest absolute Gasteiger partial charge is 0.0809 e. The molecule has 4 aromatic carbocycles. The van der Waals surface area contributed by atoms with Gasteiger partial charge in [0.05, 0.1) is 70.3 Å². The van der Waals surface area contributed by atoms with Crippen LogP contribution in [0.15, 0.2) is 24.3 Å². The zero-order chi connectivity index (χ0) is 29.1. The summed E-state index contributed by atoms with van der Waals surface area (Å²) in [5.41, 5.74) is 1.99. The van der Waals surface area contributed by atoms with Crippen molar-refractivity contribution in [1.29, 1.82) is 0 Å². The van der Waals surface area contributed by atoms with Crippen molar-refractivity contribution in [1.82, 2.24) is 0 Å². The molecule has 15 heteroatoms. The molecule has 0 aliphatic carbocycles. The van der Waals surface area contributed by atoms with Crippen molar-refractivity contribution in [3.05, 3.63) is 94.6 Å². The Morgan fingerprint density at radius 2 is 0.487 bits per heavy atom. The van der Waals surface area contributed by atoms with Crippen LogP contribution < -0.4 is 5.32 Å². The topological polar surface area (TPSA) is 12.0 Å². The van der Waals surface area contributed by atoms with Crippen LogP contribution in [0.25, 0.3) is 22.3 Å². The van der Waals surface area contributed by atoms with E-state index in [9.17, 15) is 0 Å². The summed E-state index contributed by atoms with van der Waals surface area (Å²) in [6, 6.07) is 6.31. The van der Waals surface area contributed by atoms with Crippen molar-refractivity contribution in [2.24, 2.45) is 0 Å². The molecular weight excluding hydrogens is 799 g/mol. The minimum atomic E-state index is 0.00455. The molecular formula is C24H5Cl14N. The molecule has 0 saturated carbocycles. The van der Waals surface area contributed by atoms with E-state index in [4.69, 9.17) is 162 Å². The summed E-state index contributed by atoms with van der Waals surface area (Å²) in [4.78, 5) is 0. The summed E-state index contributed by atoms with van der Waals surface area (Å²) in [5, 5.41) is 4.03. The fourth-order valence-electron chi connectivity index (χ4n) is 3.58. The Kier molecular flexibility index (Phi) is 10.7. The van der Waals surface area contributed by atoms with Crippen LogP contribution in [0.1, 0.15) is 0 Å². The van der Waals surface area contributed by atoms with E-state index in [1.165, 1.54) is 0 Å². The molecule has 0 spiro atoms. The molecule has 0 atom stereocenters. The van der Waals surface area contributed by atoms with Crippen LogP contribution in [-0.4, -0.2) is 0 Å². The predicted molar refractivity (Wildman–Crippen MR) is 177 cm³/mol. The van der Waals surface area contributed by atoms with Crippen molar-refractivity contribution < 1.29 is 0 Å². The lowest BCUT2D eigenvalue weighted by atomic mass is 10.0. The Labute approximate surface area is 292 Å². The molecule has 4 aromatic rings. The van der Waals surface area contributed by atoms with Gasteiger partial charge in [0.2, 0.25) is 0 Å². The fourth-order valence-corrected chi connectivity index (χ4v) is 7.59. The lowest BCUT2D eigenvalue weighted by Crippen LogP contribution is -1.95. The highest BCUT2D eigenvalue weighted by molar-refractivity contribution is 6.58. The van der Waals surface area contributed by atoms with Crippen LogP contribution in [0.2, 0.25) is 70.3 Å². The lowest BCUT2D eigenvalue weighted by Gasteiger charge is -2.18. The maximum Gasteiger partial charge on any atom is 0.0809 e. The van der Waals surface area contributed by atoms with Crippen molar-refractivity contribution in [2.75, 3.05) is 5.32 Å². The third-order valence-corrected chi connectivity index (χ3v) is 11.0. The first-order chi connectivity index (χ1) is 18.2. The first kappa shape index (κ1) is 32.6. The van der Waals surface area contributed by atoms with E-state index < -0.39 is 0 Å². The number of anilines is 2. The van der Waals surface area contributed by atoms with Crippen LogP contribution in [0.3, 0.4) is 0 Å². The molecule has 4 rings (SSSR count). The standard InChI is InChI=1S/C24H5Cl14N/c25-7-1-5(2-8(26)11(7)13-15(29)19(33)23(37)20(34)16(13)30)39-6-3-9(27)12(10(28)4-6)14-17(31)21(35)24(38)22(36)18(14)32/h1-4,39H. The number of rotatable bonds is 4. The summed E-state index contributed by atoms with van der Waals surface area (Å²) in [7, 11) is 0. The average molecular weight is 804 g/mol. The van der Waals surface area contributed by atoms with Gasteiger partial charge in [0.1, 0.15) is 0 Å². The van der Waals surface area contributed by atoms with Crippen LogP contribution in [0, 0.1) is 0 Å². The number of halogens is 14. The van der Waals surface area contributed by atoms with Gasteiger partial charge in [-0.1, -0.05) is 162 Å². The van der Waals surface area contributed by atoms with E-state index in [0.717, 1.165) is 0 Å². The van der Waals surface area contributed by atoms with Gasteiger partial charge >= 0.3 is 0 Å². The van der Waals surface area contributed by atoms with Crippen LogP contribution >= 0.6 is 162 Å². The predicted octanol–water partition coefficient (Wildman–Crippen LogP) is 15.9. The fraction of sp³-hybridized carbons (Fsp3) is 0. The second kappa shape index (κ2) is 12.8. The minimum Gasteiger partial charge on any atom is -0.355 e. The van der Waals surface area contributed by atoms with E-state index in [-0.39, 0.29) is 81.4 Å². The third kappa shape index (κ3) is 6.08. The number of nitrogens with one attached hydrogen (secondary N) is 1. The van der Waals surface area contributed by atoms with Gasteiger partial charge in [-0.2, -0.15) is 0 Å². The zero-order valence-electron chi connectivity index (χ0n) is 18.1. The molecule has 0 fully saturated rings. The highest BCUT2D eigenvalue weighted by Gasteiger charge is 2.26. The maximum absolute atomic E-state index is 6.59. The highest BCUT2D eigenvalue weighted by Crippen LogP contribution is 2.53. The van der Waals surface area contributed by atoms with E-state index in [0.29, 0.717) is 22.5 Å². The van der Waals surface area contributed by atoms with Crippen LogP contribution in [0.4, 0.5) is 11.4 Å². The van der Waals surface area contributed by atoms with E-state index in [2.05, 4.69) is 5.32 Å². The molecule has 204 valence electrons. The van der Waals surface area contributed by atoms with Gasteiger partial charge in [-0.3, -0.25) is 0 Å². The third-order valence-electron chi connectivity index (χ3n) is 5.29. The molecule has 0 heterocycles. The molecule has 1 nitrogen and oxygen atoms in total. The van der Waals surface area contributed by atoms with Crippen molar-refractivity contribution in [2.45, 2.75) is 0 Å². The minimum absolute atomic E-state index is 0.00455. The molecule has 0 radical (unpaired) electrons.